The minimum atomic E-state index is -0.397. The summed E-state index contributed by atoms with van der Waals surface area (Å²) in [6, 6.07) is 7.94. The van der Waals surface area contributed by atoms with Gasteiger partial charge in [-0.3, -0.25) is 4.79 Å². The Hall–Kier alpha value is -2.16. The van der Waals surface area contributed by atoms with E-state index < -0.39 is 5.91 Å². The van der Waals surface area contributed by atoms with Crippen LogP contribution in [-0.4, -0.2) is 5.91 Å². The standard InChI is InChI=1S/C16H18N2O/c1-11-7-12(2)15(13(3)8-11)10-18-6-4-5-14(9-18)16(17)19/h4-9H,10H2,1-3H3,(H-,17,19)/p+1. The molecule has 0 saturated carbocycles. The van der Waals surface area contributed by atoms with E-state index in [4.69, 9.17) is 5.73 Å². The summed E-state index contributed by atoms with van der Waals surface area (Å²) < 4.78 is 1.99. The molecule has 1 heterocycles. The Bertz CT molecular complexity index is 609. The summed E-state index contributed by atoms with van der Waals surface area (Å²) in [7, 11) is 0. The molecule has 1 aromatic heterocycles. The summed E-state index contributed by atoms with van der Waals surface area (Å²) in [6.45, 7) is 7.09. The zero-order valence-electron chi connectivity index (χ0n) is 11.6. The number of nitrogens with zero attached hydrogens (tertiary/aromatic N) is 1. The largest absolute Gasteiger partial charge is 0.365 e. The van der Waals surface area contributed by atoms with Gasteiger partial charge in [0.05, 0.1) is 0 Å². The second-order valence-electron chi connectivity index (χ2n) is 5.01. The van der Waals surface area contributed by atoms with Gasteiger partial charge in [-0.15, -0.1) is 0 Å². The van der Waals surface area contributed by atoms with Crippen molar-refractivity contribution in [1.82, 2.24) is 0 Å². The number of benzene rings is 1. The molecular weight excluding hydrogens is 236 g/mol. The predicted octanol–water partition coefficient (Wildman–Crippen LogP) is 2.05. The van der Waals surface area contributed by atoms with Crippen molar-refractivity contribution < 1.29 is 9.36 Å². The molecule has 0 aliphatic heterocycles. The highest BCUT2D eigenvalue weighted by Gasteiger charge is 2.11. The Morgan fingerprint density at radius 2 is 1.84 bits per heavy atom. The molecule has 0 fully saturated rings. The summed E-state index contributed by atoms with van der Waals surface area (Å²) in [4.78, 5) is 11.2. The number of aryl methyl sites for hydroxylation is 3. The van der Waals surface area contributed by atoms with Crippen LogP contribution in [0.25, 0.3) is 0 Å². The lowest BCUT2D eigenvalue weighted by Gasteiger charge is -2.08. The molecule has 3 heteroatoms. The molecule has 1 aromatic carbocycles. The second-order valence-corrected chi connectivity index (χ2v) is 5.01. The quantitative estimate of drug-likeness (QED) is 0.838. The van der Waals surface area contributed by atoms with Gasteiger partial charge >= 0.3 is 0 Å². The van der Waals surface area contributed by atoms with Gasteiger partial charge < -0.3 is 5.73 Å². The maximum absolute atomic E-state index is 11.2. The highest BCUT2D eigenvalue weighted by atomic mass is 16.1. The van der Waals surface area contributed by atoms with Crippen LogP contribution in [0.3, 0.4) is 0 Å². The lowest BCUT2D eigenvalue weighted by Crippen LogP contribution is -2.35. The minimum absolute atomic E-state index is 0.397. The maximum Gasteiger partial charge on any atom is 0.254 e. The van der Waals surface area contributed by atoms with Gasteiger partial charge in [-0.25, -0.2) is 0 Å². The number of rotatable bonds is 3. The van der Waals surface area contributed by atoms with Crippen LogP contribution in [0.4, 0.5) is 0 Å². The van der Waals surface area contributed by atoms with Crippen LogP contribution in [0.5, 0.6) is 0 Å². The van der Waals surface area contributed by atoms with Crippen LogP contribution in [0.2, 0.25) is 0 Å². The van der Waals surface area contributed by atoms with Crippen molar-refractivity contribution in [2.45, 2.75) is 27.3 Å². The lowest BCUT2D eigenvalue weighted by molar-refractivity contribution is -0.688. The van der Waals surface area contributed by atoms with Crippen LogP contribution in [0.15, 0.2) is 36.7 Å². The van der Waals surface area contributed by atoms with Crippen molar-refractivity contribution in [3.63, 3.8) is 0 Å². The van der Waals surface area contributed by atoms with Crippen molar-refractivity contribution in [2.24, 2.45) is 5.73 Å². The normalized spacial score (nSPS) is 10.5. The van der Waals surface area contributed by atoms with E-state index in [2.05, 4.69) is 32.9 Å². The summed E-state index contributed by atoms with van der Waals surface area (Å²) >= 11 is 0. The first-order chi connectivity index (χ1) is 8.97. The van der Waals surface area contributed by atoms with Gasteiger partial charge in [-0.1, -0.05) is 17.7 Å². The SMILES string of the molecule is Cc1cc(C)c(C[n+]2cccc(C(N)=O)c2)c(C)c1. The Kier molecular flexibility index (Phi) is 3.65. The number of carbonyl (C=O) groups excluding carboxylic acids is 1. The van der Waals surface area contributed by atoms with E-state index in [0.29, 0.717) is 5.56 Å². The monoisotopic (exact) mass is 255 g/mol. The molecule has 0 aliphatic carbocycles. The molecular formula is C16H19N2O+. The predicted molar refractivity (Wildman–Crippen MR) is 74.9 cm³/mol. The lowest BCUT2D eigenvalue weighted by atomic mass is 10.00. The van der Waals surface area contributed by atoms with Crippen LogP contribution in [-0.2, 0) is 6.54 Å². The number of hydrogen-bond acceptors (Lipinski definition) is 1. The van der Waals surface area contributed by atoms with E-state index in [0.717, 1.165) is 6.54 Å². The summed E-state index contributed by atoms with van der Waals surface area (Å²) in [5.41, 5.74) is 10.9. The van der Waals surface area contributed by atoms with E-state index >= 15 is 0 Å². The molecule has 19 heavy (non-hydrogen) atoms. The number of pyridine rings is 1. The van der Waals surface area contributed by atoms with Gasteiger partial charge in [-0.2, -0.15) is 4.57 Å². The first kappa shape index (κ1) is 13.3. The summed E-state index contributed by atoms with van der Waals surface area (Å²) in [5.74, 6) is -0.397. The van der Waals surface area contributed by atoms with Gasteiger partial charge in [0.1, 0.15) is 5.56 Å². The number of nitrogens with two attached hydrogens (primary N) is 1. The summed E-state index contributed by atoms with van der Waals surface area (Å²) in [5, 5.41) is 0. The molecule has 98 valence electrons. The number of carbonyl (C=O) groups is 1. The van der Waals surface area contributed by atoms with Crippen LogP contribution >= 0.6 is 0 Å². The number of hydrogen-bond donors (Lipinski definition) is 1. The topological polar surface area (TPSA) is 47.0 Å². The van der Waals surface area contributed by atoms with E-state index in [1.807, 2.05) is 16.8 Å². The molecule has 0 radical (unpaired) electrons. The maximum atomic E-state index is 11.2. The first-order valence-corrected chi connectivity index (χ1v) is 6.33. The number of primary amides is 1. The fraction of sp³-hybridized carbons (Fsp3) is 0.250. The zero-order chi connectivity index (χ0) is 14.0. The fourth-order valence-corrected chi connectivity index (χ4v) is 2.41. The van der Waals surface area contributed by atoms with Crippen molar-refractivity contribution in [2.75, 3.05) is 0 Å². The number of aromatic nitrogens is 1. The molecule has 3 nitrogen and oxygen atoms in total. The van der Waals surface area contributed by atoms with Gasteiger partial charge in [0, 0.05) is 11.6 Å². The molecule has 0 unspecified atom stereocenters. The molecule has 0 atom stereocenters. The second kappa shape index (κ2) is 5.22. The van der Waals surface area contributed by atoms with Crippen LogP contribution < -0.4 is 10.3 Å². The average molecular weight is 255 g/mol. The fourth-order valence-electron chi connectivity index (χ4n) is 2.41. The van der Waals surface area contributed by atoms with Gasteiger partial charge in [0.2, 0.25) is 0 Å². The Balaban J connectivity index is 2.36. The van der Waals surface area contributed by atoms with Gasteiger partial charge in [-0.05, 0) is 38.0 Å². The molecule has 0 spiro atoms. The minimum Gasteiger partial charge on any atom is -0.365 e. The molecule has 2 N–H and O–H groups in total. The van der Waals surface area contributed by atoms with E-state index in [9.17, 15) is 4.79 Å². The first-order valence-electron chi connectivity index (χ1n) is 6.33. The van der Waals surface area contributed by atoms with E-state index in [-0.39, 0.29) is 0 Å². The summed E-state index contributed by atoms with van der Waals surface area (Å²) in [6.07, 6.45) is 3.74. The molecule has 1 amide bonds. The smallest absolute Gasteiger partial charge is 0.254 e. The van der Waals surface area contributed by atoms with E-state index in [1.165, 1.54) is 22.3 Å². The van der Waals surface area contributed by atoms with E-state index in [1.54, 1.807) is 12.3 Å². The third-order valence-corrected chi connectivity index (χ3v) is 3.32. The Morgan fingerprint density at radius 1 is 1.21 bits per heavy atom. The van der Waals surface area contributed by atoms with Gasteiger partial charge in [0.15, 0.2) is 18.9 Å². The average Bonchev–Trinajstić information content (AvgIpc) is 2.34. The Morgan fingerprint density at radius 3 is 2.42 bits per heavy atom. The molecule has 0 aliphatic rings. The highest BCUT2D eigenvalue weighted by molar-refractivity contribution is 5.92. The third-order valence-electron chi connectivity index (χ3n) is 3.32. The third kappa shape index (κ3) is 2.99. The van der Waals surface area contributed by atoms with Crippen LogP contribution in [0, 0.1) is 20.8 Å². The van der Waals surface area contributed by atoms with Crippen molar-refractivity contribution in [1.29, 1.82) is 0 Å². The molecule has 2 rings (SSSR count). The molecule has 2 aromatic rings. The molecule has 0 bridgehead atoms. The van der Waals surface area contributed by atoms with Gasteiger partial charge in [0.25, 0.3) is 5.91 Å². The highest BCUT2D eigenvalue weighted by Crippen LogP contribution is 2.15. The Labute approximate surface area is 113 Å². The van der Waals surface area contributed by atoms with Crippen LogP contribution in [0.1, 0.15) is 32.6 Å². The molecule has 0 saturated heterocycles. The van der Waals surface area contributed by atoms with Crippen molar-refractivity contribution in [3.8, 4) is 0 Å². The number of amides is 1. The van der Waals surface area contributed by atoms with Crippen molar-refractivity contribution in [3.05, 3.63) is 64.5 Å². The zero-order valence-corrected chi connectivity index (χ0v) is 11.6. The van der Waals surface area contributed by atoms with Crippen molar-refractivity contribution >= 4 is 5.91 Å².